The van der Waals surface area contributed by atoms with Gasteiger partial charge >= 0.3 is 12.1 Å². The van der Waals surface area contributed by atoms with E-state index in [0.29, 0.717) is 6.42 Å². The highest BCUT2D eigenvalue weighted by atomic mass is 32.2. The first kappa shape index (κ1) is 12.2. The van der Waals surface area contributed by atoms with Crippen LogP contribution in [0.15, 0.2) is 0 Å². The molecule has 2 atom stereocenters. The average molecular weight is 205 g/mol. The van der Waals surface area contributed by atoms with Crippen LogP contribution in [0.4, 0.5) is 4.79 Å². The topological polar surface area (TPSA) is 55.4 Å². The lowest BCUT2D eigenvalue weighted by Crippen LogP contribution is -2.29. The number of cyclic esters (lactones) is 2. The van der Waals surface area contributed by atoms with Crippen molar-refractivity contribution in [3.63, 3.8) is 0 Å². The fraction of sp³-hybridized carbons (Fsp3) is 0.625. The molecule has 4 nitrogen and oxygen atoms in total. The summed E-state index contributed by atoms with van der Waals surface area (Å²) in [5, 5.41) is 2.42. The number of alkyl carbamates (subject to hydrolysis) is 1. The summed E-state index contributed by atoms with van der Waals surface area (Å²) in [6, 6.07) is -0.450. The number of carbonyl (C=O) groups is 2. The van der Waals surface area contributed by atoms with E-state index < -0.39 is 18.1 Å². The number of amides is 1. The Balaban J connectivity index is 0.00000144. The van der Waals surface area contributed by atoms with Crippen molar-refractivity contribution in [2.24, 2.45) is 0 Å². The van der Waals surface area contributed by atoms with Crippen molar-refractivity contribution in [3.05, 3.63) is 0 Å². The Morgan fingerprint density at radius 3 is 2.62 bits per heavy atom. The Hall–Kier alpha value is -0.840. The predicted octanol–water partition coefficient (Wildman–Crippen LogP) is 0.978. The highest BCUT2D eigenvalue weighted by Crippen LogP contribution is 2.10. The van der Waals surface area contributed by atoms with Crippen molar-refractivity contribution in [1.29, 1.82) is 0 Å². The Kier molecular flexibility index (Phi) is 4.69. The Morgan fingerprint density at radius 1 is 1.62 bits per heavy atom. The van der Waals surface area contributed by atoms with Crippen LogP contribution in [0.1, 0.15) is 13.8 Å². The lowest BCUT2D eigenvalue weighted by molar-refractivity contribution is -0.135. The Labute approximate surface area is 80.6 Å². The van der Waals surface area contributed by atoms with Gasteiger partial charge in [0.1, 0.15) is 6.04 Å². The second kappa shape index (κ2) is 5.01. The zero-order chi connectivity index (χ0) is 9.14. The van der Waals surface area contributed by atoms with Gasteiger partial charge in [-0.3, -0.25) is 0 Å². The van der Waals surface area contributed by atoms with E-state index in [1.807, 2.05) is 6.26 Å². The average Bonchev–Trinajstić information content (AvgIpc) is 2.26. The molecule has 0 aromatic carbocycles. The van der Waals surface area contributed by atoms with Gasteiger partial charge in [0.05, 0.1) is 0 Å². The molecular weight excluding hydrogens is 190 g/mol. The zero-order valence-electron chi connectivity index (χ0n) is 6.83. The summed E-state index contributed by atoms with van der Waals surface area (Å²) in [7, 11) is 0.0532. The van der Waals surface area contributed by atoms with Crippen LogP contribution in [0.5, 0.6) is 0 Å². The standard InChI is InChI=1S/C7H11NO3S.CH4/c1-12(2)4-3-5-6(9)11-7(10)8-5;/h5H,1,3-4H2,2H3,(H,8,10);1H4. The highest BCUT2D eigenvalue weighted by Gasteiger charge is 2.31. The van der Waals surface area contributed by atoms with Crippen molar-refractivity contribution in [1.82, 2.24) is 5.32 Å². The van der Waals surface area contributed by atoms with Gasteiger partial charge in [-0.1, -0.05) is 13.3 Å². The van der Waals surface area contributed by atoms with Gasteiger partial charge in [0.25, 0.3) is 0 Å². The summed E-state index contributed by atoms with van der Waals surface area (Å²) >= 11 is 0. The van der Waals surface area contributed by atoms with Crippen LogP contribution in [0.2, 0.25) is 0 Å². The molecule has 0 spiro atoms. The smallest absolute Gasteiger partial charge is 0.375 e. The molecule has 0 radical (unpaired) electrons. The fourth-order valence-electron chi connectivity index (χ4n) is 0.902. The Bertz CT molecular complexity index is 240. The molecule has 0 bridgehead atoms. The van der Waals surface area contributed by atoms with E-state index in [1.54, 1.807) is 0 Å². The molecule has 0 aliphatic carbocycles. The molecule has 0 saturated carbocycles. The molecule has 1 saturated heterocycles. The van der Waals surface area contributed by atoms with Gasteiger partial charge < -0.3 is 10.1 Å². The number of hydrogen-bond acceptors (Lipinski definition) is 3. The summed E-state index contributed by atoms with van der Waals surface area (Å²) in [5.41, 5.74) is 0. The highest BCUT2D eigenvalue weighted by molar-refractivity contribution is 8.13. The van der Waals surface area contributed by atoms with Crippen molar-refractivity contribution in [2.45, 2.75) is 19.9 Å². The van der Waals surface area contributed by atoms with Crippen LogP contribution in [0.25, 0.3) is 0 Å². The molecule has 1 N–H and O–H groups in total. The third-order valence-electron chi connectivity index (χ3n) is 1.52. The third kappa shape index (κ3) is 3.59. The van der Waals surface area contributed by atoms with E-state index >= 15 is 0 Å². The predicted molar refractivity (Wildman–Crippen MR) is 55.3 cm³/mol. The number of ether oxygens (including phenoxy) is 1. The lowest BCUT2D eigenvalue weighted by atomic mass is 10.2. The molecule has 2 unspecified atom stereocenters. The van der Waals surface area contributed by atoms with Crippen LogP contribution in [0, 0.1) is 0 Å². The van der Waals surface area contributed by atoms with Crippen molar-refractivity contribution in [3.8, 4) is 0 Å². The molecule has 1 fully saturated rings. The minimum Gasteiger partial charge on any atom is -0.375 e. The zero-order valence-corrected chi connectivity index (χ0v) is 7.65. The monoisotopic (exact) mass is 205 g/mol. The molecule has 1 aliphatic heterocycles. The second-order valence-electron chi connectivity index (χ2n) is 2.68. The largest absolute Gasteiger partial charge is 0.415 e. The maximum absolute atomic E-state index is 10.9. The summed E-state index contributed by atoms with van der Waals surface area (Å²) in [5.74, 6) is 4.17. The van der Waals surface area contributed by atoms with E-state index in [9.17, 15) is 9.59 Å². The minimum absolute atomic E-state index is 0. The number of carbonyl (C=O) groups excluding carboxylic acids is 2. The van der Waals surface area contributed by atoms with E-state index in [4.69, 9.17) is 0 Å². The SMILES string of the molecule is C.C=S(C)CCC1NC(=O)OC1=O. The number of hydrogen-bond donors (Lipinski definition) is 1. The first-order valence-corrected chi connectivity index (χ1v) is 5.51. The first-order valence-electron chi connectivity index (χ1n) is 3.54. The Morgan fingerprint density at radius 2 is 2.23 bits per heavy atom. The minimum atomic E-state index is -0.634. The van der Waals surface area contributed by atoms with E-state index in [0.717, 1.165) is 5.75 Å². The van der Waals surface area contributed by atoms with Crippen molar-refractivity contribution in [2.75, 3.05) is 12.0 Å². The van der Waals surface area contributed by atoms with Gasteiger partial charge in [0.15, 0.2) is 0 Å². The van der Waals surface area contributed by atoms with Crippen LogP contribution >= 0.6 is 10.5 Å². The van der Waals surface area contributed by atoms with Gasteiger partial charge in [-0.15, -0.1) is 0 Å². The summed E-state index contributed by atoms with van der Waals surface area (Å²) in [4.78, 5) is 21.4. The molecule has 1 amide bonds. The van der Waals surface area contributed by atoms with Crippen LogP contribution < -0.4 is 5.32 Å². The lowest BCUT2D eigenvalue weighted by Gasteiger charge is -2.04. The normalized spacial score (nSPS) is 23.0. The van der Waals surface area contributed by atoms with E-state index in [2.05, 4.69) is 15.9 Å². The van der Waals surface area contributed by atoms with Gasteiger partial charge in [-0.2, -0.15) is 10.5 Å². The summed E-state index contributed by atoms with van der Waals surface area (Å²) in [6.45, 7) is 0. The molecule has 0 aromatic rings. The number of esters is 1. The molecule has 0 aromatic heterocycles. The summed E-state index contributed by atoms with van der Waals surface area (Å²) in [6.07, 6.45) is 1.97. The molecule has 1 rings (SSSR count). The van der Waals surface area contributed by atoms with Crippen LogP contribution in [-0.4, -0.2) is 36.0 Å². The van der Waals surface area contributed by atoms with Crippen molar-refractivity contribution >= 4 is 28.4 Å². The first-order chi connectivity index (χ1) is 5.59. The fourth-order valence-corrected chi connectivity index (χ4v) is 1.54. The maximum Gasteiger partial charge on any atom is 0.415 e. The van der Waals surface area contributed by atoms with Gasteiger partial charge in [0, 0.05) is 0 Å². The molecular formula is C8H15NO3S. The van der Waals surface area contributed by atoms with E-state index in [1.165, 1.54) is 0 Å². The number of nitrogens with one attached hydrogen (secondary N) is 1. The third-order valence-corrected chi connectivity index (χ3v) is 2.46. The number of rotatable bonds is 3. The van der Waals surface area contributed by atoms with Gasteiger partial charge in [-0.05, 0) is 18.4 Å². The van der Waals surface area contributed by atoms with Crippen molar-refractivity contribution < 1.29 is 14.3 Å². The second-order valence-corrected chi connectivity index (χ2v) is 4.65. The molecule has 1 aliphatic rings. The van der Waals surface area contributed by atoms with Crippen LogP contribution in [0.3, 0.4) is 0 Å². The molecule has 76 valence electrons. The quantitative estimate of drug-likeness (QED) is 0.424. The van der Waals surface area contributed by atoms with Gasteiger partial charge in [-0.25, -0.2) is 9.59 Å². The van der Waals surface area contributed by atoms with E-state index in [-0.39, 0.29) is 17.9 Å². The molecule has 13 heavy (non-hydrogen) atoms. The molecule has 5 heteroatoms. The maximum atomic E-state index is 10.9. The van der Waals surface area contributed by atoms with Gasteiger partial charge in [0.2, 0.25) is 0 Å². The molecule has 1 heterocycles. The van der Waals surface area contributed by atoms with Crippen LogP contribution in [-0.2, 0) is 9.53 Å². The summed E-state index contributed by atoms with van der Waals surface area (Å²) < 4.78 is 4.30.